The lowest BCUT2D eigenvalue weighted by atomic mass is 9.88. The Labute approximate surface area is 106 Å². The van der Waals surface area contributed by atoms with Gasteiger partial charge in [-0.1, -0.05) is 48.6 Å². The smallest absolute Gasteiger partial charge is 0.404 e. The average molecular weight is 244 g/mol. The van der Waals surface area contributed by atoms with E-state index in [1.165, 1.54) is 0 Å². The summed E-state index contributed by atoms with van der Waals surface area (Å²) < 4.78 is 4.76. The molecule has 1 aromatic carbocycles. The van der Waals surface area contributed by atoms with E-state index >= 15 is 0 Å². The minimum absolute atomic E-state index is 0.0946. The second kappa shape index (κ2) is 5.06. The molecule has 1 aliphatic carbocycles. The summed E-state index contributed by atoms with van der Waals surface area (Å²) in [6, 6.07) is 10.0. The molecule has 0 spiro atoms. The van der Waals surface area contributed by atoms with Crippen LogP contribution in [0.25, 0.3) is 5.57 Å². The number of amides is 1. The van der Waals surface area contributed by atoms with Gasteiger partial charge in [0, 0.05) is 0 Å². The number of nitrogens with two attached hydrogens (primary N) is 2. The SMILES string of the molecule is NC(=O)OCC1(N)C=CC(c2ccccc2)=CC1. The molecule has 18 heavy (non-hydrogen) atoms. The minimum atomic E-state index is -0.800. The van der Waals surface area contributed by atoms with E-state index < -0.39 is 11.6 Å². The van der Waals surface area contributed by atoms with E-state index in [1.54, 1.807) is 0 Å². The van der Waals surface area contributed by atoms with Gasteiger partial charge in [0.15, 0.2) is 0 Å². The Balaban J connectivity index is 2.05. The molecule has 0 saturated heterocycles. The number of rotatable bonds is 3. The molecule has 0 aliphatic heterocycles. The number of allylic oxidation sites excluding steroid dienone is 2. The average Bonchev–Trinajstić information content (AvgIpc) is 2.39. The zero-order valence-electron chi connectivity index (χ0n) is 10.0. The van der Waals surface area contributed by atoms with E-state index in [-0.39, 0.29) is 6.61 Å². The summed E-state index contributed by atoms with van der Waals surface area (Å²) in [4.78, 5) is 10.6. The van der Waals surface area contributed by atoms with Crippen LogP contribution in [0.1, 0.15) is 12.0 Å². The lowest BCUT2D eigenvalue weighted by molar-refractivity contribution is 0.137. The molecule has 1 aliphatic rings. The first-order chi connectivity index (χ1) is 8.59. The maximum absolute atomic E-state index is 10.6. The summed E-state index contributed by atoms with van der Waals surface area (Å²) in [5.41, 5.74) is 12.6. The van der Waals surface area contributed by atoms with Crippen LogP contribution in [-0.2, 0) is 4.74 Å². The van der Waals surface area contributed by atoms with Gasteiger partial charge in [-0.15, -0.1) is 0 Å². The standard InChI is InChI=1S/C14H16N2O2/c15-13(17)18-10-14(16)8-6-12(7-9-14)11-4-2-1-3-5-11/h1-8H,9-10,16H2,(H2,15,17). The largest absolute Gasteiger partial charge is 0.447 e. The van der Waals surface area contributed by atoms with Crippen LogP contribution < -0.4 is 11.5 Å². The van der Waals surface area contributed by atoms with Crippen molar-refractivity contribution in [3.05, 3.63) is 54.1 Å². The molecule has 4 nitrogen and oxygen atoms in total. The summed E-state index contributed by atoms with van der Waals surface area (Å²) in [5.74, 6) is 0. The molecule has 4 N–H and O–H groups in total. The molecule has 0 bridgehead atoms. The third-order valence-electron chi connectivity index (χ3n) is 2.89. The van der Waals surface area contributed by atoms with Gasteiger partial charge in [-0.3, -0.25) is 0 Å². The number of primary amides is 1. The molecule has 0 heterocycles. The van der Waals surface area contributed by atoms with Gasteiger partial charge >= 0.3 is 6.09 Å². The van der Waals surface area contributed by atoms with Gasteiger partial charge < -0.3 is 16.2 Å². The lowest BCUT2D eigenvalue weighted by Gasteiger charge is -2.27. The number of benzene rings is 1. The molecule has 0 saturated carbocycles. The monoisotopic (exact) mass is 244 g/mol. The molecule has 0 aromatic heterocycles. The highest BCUT2D eigenvalue weighted by Crippen LogP contribution is 2.25. The third kappa shape index (κ3) is 2.99. The Bertz CT molecular complexity index is 494. The van der Waals surface area contributed by atoms with Crippen molar-refractivity contribution in [2.75, 3.05) is 6.61 Å². The van der Waals surface area contributed by atoms with Gasteiger partial charge in [-0.25, -0.2) is 4.79 Å². The van der Waals surface area contributed by atoms with Crippen molar-refractivity contribution in [3.8, 4) is 0 Å². The van der Waals surface area contributed by atoms with Crippen LogP contribution in [0.2, 0.25) is 0 Å². The van der Waals surface area contributed by atoms with E-state index in [1.807, 2.05) is 48.6 Å². The highest BCUT2D eigenvalue weighted by molar-refractivity contribution is 5.75. The van der Waals surface area contributed by atoms with Crippen LogP contribution in [0.4, 0.5) is 4.79 Å². The predicted octanol–water partition coefficient (Wildman–Crippen LogP) is 1.82. The molecule has 0 radical (unpaired) electrons. The van der Waals surface area contributed by atoms with Crippen molar-refractivity contribution >= 4 is 11.7 Å². The fraction of sp³-hybridized carbons (Fsp3) is 0.214. The zero-order valence-corrected chi connectivity index (χ0v) is 10.0. The lowest BCUT2D eigenvalue weighted by Crippen LogP contribution is -2.44. The van der Waals surface area contributed by atoms with E-state index in [0.29, 0.717) is 6.42 Å². The predicted molar refractivity (Wildman–Crippen MR) is 70.6 cm³/mol. The van der Waals surface area contributed by atoms with Gasteiger partial charge in [0.2, 0.25) is 0 Å². The van der Waals surface area contributed by atoms with E-state index in [9.17, 15) is 4.79 Å². The Hall–Kier alpha value is -2.07. The summed E-state index contributed by atoms with van der Waals surface area (Å²) in [5, 5.41) is 0. The van der Waals surface area contributed by atoms with Gasteiger partial charge in [-0.2, -0.15) is 0 Å². The Morgan fingerprint density at radius 1 is 1.33 bits per heavy atom. The fourth-order valence-electron chi connectivity index (χ4n) is 1.85. The maximum Gasteiger partial charge on any atom is 0.404 e. The molecule has 94 valence electrons. The molecular formula is C14H16N2O2. The fourth-order valence-corrected chi connectivity index (χ4v) is 1.85. The number of carbonyl (C=O) groups is 1. The Morgan fingerprint density at radius 3 is 2.61 bits per heavy atom. The van der Waals surface area contributed by atoms with Crippen molar-refractivity contribution in [1.82, 2.24) is 0 Å². The first kappa shape index (κ1) is 12.4. The van der Waals surface area contributed by atoms with Gasteiger partial charge in [0.25, 0.3) is 0 Å². The van der Waals surface area contributed by atoms with Crippen LogP contribution in [0.15, 0.2) is 48.6 Å². The minimum Gasteiger partial charge on any atom is -0.447 e. The summed E-state index contributed by atoms with van der Waals surface area (Å²) in [6.07, 6.45) is 5.66. The first-order valence-corrected chi connectivity index (χ1v) is 5.75. The number of carbonyl (C=O) groups excluding carboxylic acids is 1. The second-order valence-corrected chi connectivity index (χ2v) is 4.40. The van der Waals surface area contributed by atoms with Gasteiger partial charge in [-0.05, 0) is 17.6 Å². The molecular weight excluding hydrogens is 228 g/mol. The van der Waals surface area contributed by atoms with Crippen LogP contribution in [0.3, 0.4) is 0 Å². The topological polar surface area (TPSA) is 78.3 Å². The first-order valence-electron chi connectivity index (χ1n) is 5.75. The van der Waals surface area contributed by atoms with E-state index in [2.05, 4.69) is 0 Å². The van der Waals surface area contributed by atoms with Crippen molar-refractivity contribution in [2.24, 2.45) is 11.5 Å². The van der Waals surface area contributed by atoms with Crippen LogP contribution in [0, 0.1) is 0 Å². The van der Waals surface area contributed by atoms with Gasteiger partial charge in [0.05, 0.1) is 5.54 Å². The number of hydrogen-bond donors (Lipinski definition) is 2. The van der Waals surface area contributed by atoms with Crippen molar-refractivity contribution < 1.29 is 9.53 Å². The van der Waals surface area contributed by atoms with E-state index in [0.717, 1.165) is 11.1 Å². The van der Waals surface area contributed by atoms with Crippen LogP contribution in [-0.4, -0.2) is 18.2 Å². The molecule has 1 aromatic rings. The van der Waals surface area contributed by atoms with Crippen LogP contribution >= 0.6 is 0 Å². The number of hydrogen-bond acceptors (Lipinski definition) is 3. The highest BCUT2D eigenvalue weighted by atomic mass is 16.5. The van der Waals surface area contributed by atoms with Gasteiger partial charge in [0.1, 0.15) is 6.61 Å². The molecule has 2 rings (SSSR count). The summed E-state index contributed by atoms with van der Waals surface area (Å²) >= 11 is 0. The quantitative estimate of drug-likeness (QED) is 0.851. The van der Waals surface area contributed by atoms with Crippen molar-refractivity contribution in [3.63, 3.8) is 0 Å². The Morgan fingerprint density at radius 2 is 2.06 bits per heavy atom. The Kier molecular flexibility index (Phi) is 3.48. The molecule has 4 heteroatoms. The zero-order chi connectivity index (χ0) is 13.0. The maximum atomic E-state index is 10.6. The number of ether oxygens (including phenoxy) is 1. The normalized spacial score (nSPS) is 22.4. The van der Waals surface area contributed by atoms with Crippen LogP contribution in [0.5, 0.6) is 0 Å². The highest BCUT2D eigenvalue weighted by Gasteiger charge is 2.25. The van der Waals surface area contributed by atoms with Crippen molar-refractivity contribution in [2.45, 2.75) is 12.0 Å². The molecule has 1 atom stereocenters. The van der Waals surface area contributed by atoms with E-state index in [4.69, 9.17) is 16.2 Å². The molecule has 0 fully saturated rings. The van der Waals surface area contributed by atoms with Crippen molar-refractivity contribution in [1.29, 1.82) is 0 Å². The summed E-state index contributed by atoms with van der Waals surface area (Å²) in [6.45, 7) is 0.0946. The third-order valence-corrected chi connectivity index (χ3v) is 2.89. The molecule has 1 amide bonds. The molecule has 1 unspecified atom stereocenters. The second-order valence-electron chi connectivity index (χ2n) is 4.40. The summed E-state index contributed by atoms with van der Waals surface area (Å²) in [7, 11) is 0.